The van der Waals surface area contributed by atoms with Gasteiger partial charge in [-0.25, -0.2) is 4.79 Å². The van der Waals surface area contributed by atoms with Gasteiger partial charge in [-0.05, 0) is 65.9 Å². The van der Waals surface area contributed by atoms with Crippen molar-refractivity contribution >= 4 is 5.97 Å². The molecule has 0 bridgehead atoms. The average Bonchev–Trinajstić information content (AvgIpc) is 2.46. The van der Waals surface area contributed by atoms with Gasteiger partial charge in [0.1, 0.15) is 5.60 Å². The van der Waals surface area contributed by atoms with Crippen molar-refractivity contribution in [3.8, 4) is 0 Å². The molecule has 0 heterocycles. The average molecular weight is 338 g/mol. The van der Waals surface area contributed by atoms with Crippen LogP contribution in [-0.2, 0) is 19.0 Å². The predicted molar refractivity (Wildman–Crippen MR) is 98.8 cm³/mol. The molecule has 0 amide bonds. The highest BCUT2D eigenvalue weighted by molar-refractivity contribution is 5.83. The molecule has 0 spiro atoms. The lowest BCUT2D eigenvalue weighted by Gasteiger charge is -2.20. The van der Waals surface area contributed by atoms with Crippen LogP contribution in [0.15, 0.2) is 35.5 Å². The Labute approximate surface area is 147 Å². The van der Waals surface area contributed by atoms with Gasteiger partial charge in [-0.1, -0.05) is 23.8 Å². The largest absolute Gasteiger partial charge is 0.457 e. The van der Waals surface area contributed by atoms with Gasteiger partial charge in [-0.2, -0.15) is 0 Å². The highest BCUT2D eigenvalue weighted by Gasteiger charge is 2.18. The second-order valence-electron chi connectivity index (χ2n) is 6.75. The van der Waals surface area contributed by atoms with E-state index in [4.69, 9.17) is 14.2 Å². The van der Waals surface area contributed by atoms with Gasteiger partial charge in [0, 0.05) is 20.3 Å². The van der Waals surface area contributed by atoms with Crippen LogP contribution >= 0.6 is 0 Å². The van der Waals surface area contributed by atoms with E-state index in [0.29, 0.717) is 6.42 Å². The van der Waals surface area contributed by atoms with Crippen LogP contribution in [0.3, 0.4) is 0 Å². The zero-order valence-corrected chi connectivity index (χ0v) is 16.3. The highest BCUT2D eigenvalue weighted by atomic mass is 16.7. The van der Waals surface area contributed by atoms with E-state index in [-0.39, 0.29) is 5.97 Å². The molecule has 24 heavy (non-hydrogen) atoms. The number of ether oxygens (including phenoxy) is 3. The Morgan fingerprint density at radius 1 is 1.08 bits per heavy atom. The highest BCUT2D eigenvalue weighted by Crippen LogP contribution is 2.18. The number of carbonyl (C=O) groups is 1. The lowest BCUT2D eigenvalue weighted by molar-refractivity contribution is -0.149. The van der Waals surface area contributed by atoms with Crippen molar-refractivity contribution in [1.29, 1.82) is 0 Å². The number of rotatable bonds is 10. The van der Waals surface area contributed by atoms with Gasteiger partial charge in [-0.3, -0.25) is 0 Å². The van der Waals surface area contributed by atoms with Crippen LogP contribution < -0.4 is 0 Å². The Bertz CT molecular complexity index is 449. The molecule has 0 aliphatic heterocycles. The maximum Gasteiger partial charge on any atom is 0.331 e. The quantitative estimate of drug-likeness (QED) is 0.244. The molecule has 138 valence electrons. The Morgan fingerprint density at radius 2 is 1.71 bits per heavy atom. The van der Waals surface area contributed by atoms with Crippen LogP contribution in [0.25, 0.3) is 0 Å². The fourth-order valence-corrected chi connectivity index (χ4v) is 2.20. The topological polar surface area (TPSA) is 44.8 Å². The molecule has 0 radical (unpaired) electrons. The predicted octanol–water partition coefficient (Wildman–Crippen LogP) is 4.96. The molecule has 0 unspecified atom stereocenters. The first-order chi connectivity index (χ1) is 11.2. The monoisotopic (exact) mass is 338 g/mol. The summed E-state index contributed by atoms with van der Waals surface area (Å²) in [6.07, 6.45) is 11.0. The summed E-state index contributed by atoms with van der Waals surface area (Å²) >= 11 is 0. The summed E-state index contributed by atoms with van der Waals surface area (Å²) in [5.74, 6) is -0.370. The maximum absolute atomic E-state index is 12.0. The number of esters is 1. The third kappa shape index (κ3) is 11.2. The lowest BCUT2D eigenvalue weighted by Crippen LogP contribution is -2.24. The molecule has 4 nitrogen and oxygen atoms in total. The van der Waals surface area contributed by atoms with Crippen LogP contribution in [-0.4, -0.2) is 32.1 Å². The summed E-state index contributed by atoms with van der Waals surface area (Å²) in [7, 11) is 3.13. The van der Waals surface area contributed by atoms with Gasteiger partial charge in [-0.15, -0.1) is 0 Å². The van der Waals surface area contributed by atoms with Crippen LogP contribution in [0.4, 0.5) is 0 Å². The molecule has 0 atom stereocenters. The van der Waals surface area contributed by atoms with Crippen LogP contribution in [0.1, 0.15) is 60.3 Å². The molecular formula is C20H34O4. The van der Waals surface area contributed by atoms with E-state index in [1.54, 1.807) is 14.2 Å². The van der Waals surface area contributed by atoms with E-state index in [1.807, 2.05) is 27.7 Å². The molecule has 0 aliphatic rings. The van der Waals surface area contributed by atoms with E-state index in [2.05, 4.69) is 25.2 Å². The van der Waals surface area contributed by atoms with E-state index < -0.39 is 11.9 Å². The van der Waals surface area contributed by atoms with Gasteiger partial charge in [0.25, 0.3) is 0 Å². The van der Waals surface area contributed by atoms with Crippen LogP contribution in [0.2, 0.25) is 0 Å². The summed E-state index contributed by atoms with van der Waals surface area (Å²) in [4.78, 5) is 12.0. The summed E-state index contributed by atoms with van der Waals surface area (Å²) in [5, 5.41) is 0. The van der Waals surface area contributed by atoms with Crippen molar-refractivity contribution in [2.75, 3.05) is 14.2 Å². The number of hydrogen-bond donors (Lipinski definition) is 0. The van der Waals surface area contributed by atoms with E-state index in [1.165, 1.54) is 11.6 Å². The molecule has 0 saturated heterocycles. The fraction of sp³-hybridized carbons (Fsp3) is 0.650. The second-order valence-corrected chi connectivity index (χ2v) is 6.75. The van der Waals surface area contributed by atoms with Crippen LogP contribution in [0.5, 0.6) is 0 Å². The molecule has 0 aromatic carbocycles. The van der Waals surface area contributed by atoms with Crippen molar-refractivity contribution in [2.45, 2.75) is 72.2 Å². The SMILES string of the molecule is CC=CCCC(C)=CCCC(=CC(=O)OC(C)(C)C)C(OC)OC. The fourth-order valence-electron chi connectivity index (χ4n) is 2.20. The standard InChI is InChI=1S/C20H34O4/c1-8-9-10-12-16(2)13-11-14-17(19(22-6)23-7)15-18(21)24-20(3,4)5/h8-9,13,15,19H,10-12,14H2,1-7H3. The number of carbonyl (C=O) groups excluding carboxylic acids is 1. The molecule has 0 rings (SSSR count). The van der Waals surface area contributed by atoms with Crippen molar-refractivity contribution in [3.05, 3.63) is 35.5 Å². The van der Waals surface area contributed by atoms with Gasteiger partial charge >= 0.3 is 5.97 Å². The molecule has 0 fully saturated rings. The first-order valence-corrected chi connectivity index (χ1v) is 8.49. The third-order valence-electron chi connectivity index (χ3n) is 3.31. The van der Waals surface area contributed by atoms with Crippen molar-refractivity contribution < 1.29 is 19.0 Å². The molecule has 0 aromatic rings. The molecule has 0 aliphatic carbocycles. The molecule has 0 aromatic heterocycles. The Hall–Kier alpha value is -1.39. The van der Waals surface area contributed by atoms with Gasteiger partial charge in [0.15, 0.2) is 6.29 Å². The minimum atomic E-state index is -0.533. The summed E-state index contributed by atoms with van der Waals surface area (Å²) in [6.45, 7) is 9.70. The van der Waals surface area contributed by atoms with Gasteiger partial charge in [0.2, 0.25) is 0 Å². The zero-order valence-electron chi connectivity index (χ0n) is 16.3. The summed E-state index contributed by atoms with van der Waals surface area (Å²) in [6, 6.07) is 0. The molecular weight excluding hydrogens is 304 g/mol. The van der Waals surface area contributed by atoms with Gasteiger partial charge < -0.3 is 14.2 Å². The van der Waals surface area contributed by atoms with E-state index in [0.717, 1.165) is 24.8 Å². The minimum Gasteiger partial charge on any atom is -0.457 e. The lowest BCUT2D eigenvalue weighted by atomic mass is 10.1. The molecule has 4 heteroatoms. The van der Waals surface area contributed by atoms with Crippen molar-refractivity contribution in [2.24, 2.45) is 0 Å². The first kappa shape index (κ1) is 22.6. The minimum absolute atomic E-state index is 0.370. The van der Waals surface area contributed by atoms with Gasteiger partial charge in [0.05, 0.1) is 0 Å². The van der Waals surface area contributed by atoms with Crippen molar-refractivity contribution in [3.63, 3.8) is 0 Å². The van der Waals surface area contributed by atoms with Crippen molar-refractivity contribution in [1.82, 2.24) is 0 Å². The Kier molecular flexibility index (Phi) is 11.3. The smallest absolute Gasteiger partial charge is 0.331 e. The number of methoxy groups -OCH3 is 2. The molecule has 0 saturated carbocycles. The number of hydrogen-bond acceptors (Lipinski definition) is 4. The maximum atomic E-state index is 12.0. The Morgan fingerprint density at radius 3 is 2.21 bits per heavy atom. The number of allylic oxidation sites excluding steroid dienone is 4. The normalized spacial score (nSPS) is 13.8. The van der Waals surface area contributed by atoms with E-state index >= 15 is 0 Å². The third-order valence-corrected chi connectivity index (χ3v) is 3.31. The second kappa shape index (κ2) is 12.0. The molecule has 0 N–H and O–H groups in total. The summed E-state index contributed by atoms with van der Waals surface area (Å²) < 4.78 is 16.0. The summed E-state index contributed by atoms with van der Waals surface area (Å²) in [5.41, 5.74) is 1.61. The Balaban J connectivity index is 4.85. The zero-order chi connectivity index (χ0) is 18.6. The van der Waals surface area contributed by atoms with Crippen LogP contribution in [0, 0.1) is 0 Å². The first-order valence-electron chi connectivity index (χ1n) is 8.49. The van der Waals surface area contributed by atoms with E-state index in [9.17, 15) is 4.79 Å².